The molecule has 0 aromatic rings. The number of ether oxygens (including phenoxy) is 1. The molecular formula is C2H3BO3. The van der Waals surface area contributed by atoms with Crippen LogP contribution in [0.4, 0.5) is 4.79 Å². The zero-order valence-electron chi connectivity index (χ0n) is 3.30. The van der Waals surface area contributed by atoms with Crippen molar-refractivity contribution < 1.29 is 14.2 Å². The summed E-state index contributed by atoms with van der Waals surface area (Å²) in [6.07, 6.45) is -0.880. The average Bonchev–Trinajstić information content (AvgIpc) is 1.65. The first-order valence-electron chi connectivity index (χ1n) is 1.26. The zero-order valence-corrected chi connectivity index (χ0v) is 3.30. The van der Waals surface area contributed by atoms with Gasteiger partial charge in [-0.2, -0.15) is 0 Å². The van der Waals surface area contributed by atoms with Crippen molar-refractivity contribution in [1.82, 2.24) is 0 Å². The normalized spacial score (nSPS) is 6.83. The quantitative estimate of drug-likeness (QED) is 0.303. The van der Waals surface area contributed by atoms with Crippen LogP contribution >= 0.6 is 0 Å². The summed E-state index contributed by atoms with van der Waals surface area (Å²) in [5.41, 5.74) is 0. The van der Waals surface area contributed by atoms with E-state index in [-0.39, 0.29) is 0 Å². The molecule has 6 heavy (non-hydrogen) atoms. The van der Waals surface area contributed by atoms with E-state index in [1.54, 1.807) is 0 Å². The zero-order chi connectivity index (χ0) is 4.99. The molecule has 0 heterocycles. The minimum absolute atomic E-state index is 0.880. The first-order valence-corrected chi connectivity index (χ1v) is 1.26. The van der Waals surface area contributed by atoms with Crippen molar-refractivity contribution in [2.24, 2.45) is 0 Å². The fourth-order valence-corrected chi connectivity index (χ4v) is 0.0481. The third-order valence-electron chi connectivity index (χ3n) is 0.263. The van der Waals surface area contributed by atoms with E-state index in [0.29, 0.717) is 0 Å². The molecule has 3 nitrogen and oxygen atoms in total. The van der Waals surface area contributed by atoms with Gasteiger partial charge in [-0.1, -0.05) is 0 Å². The van der Waals surface area contributed by atoms with E-state index in [9.17, 15) is 4.79 Å². The smallest absolute Gasteiger partial charge is 0.488 e. The van der Waals surface area contributed by atoms with E-state index in [2.05, 4.69) is 17.4 Å². The molecule has 0 aliphatic heterocycles. The monoisotopic (exact) mass is 86.0 g/mol. The molecule has 2 radical (unpaired) electrons. The average molecular weight is 85.9 g/mol. The Labute approximate surface area is 36.7 Å². The molecule has 32 valence electrons. The van der Waals surface area contributed by atoms with Crippen LogP contribution in [-0.2, 0) is 9.39 Å². The molecule has 0 N–H and O–H groups in total. The predicted molar refractivity (Wildman–Crippen MR) is 19.2 cm³/mol. The Bertz CT molecular complexity index is 46.8. The van der Waals surface area contributed by atoms with Gasteiger partial charge in [0.15, 0.2) is 0 Å². The van der Waals surface area contributed by atoms with Gasteiger partial charge in [-0.05, 0) is 0 Å². The summed E-state index contributed by atoms with van der Waals surface area (Å²) >= 11 is 0. The summed E-state index contributed by atoms with van der Waals surface area (Å²) in [4.78, 5) is 9.61. The minimum Gasteiger partial charge on any atom is -0.513 e. The molecule has 0 aromatic carbocycles. The summed E-state index contributed by atoms with van der Waals surface area (Å²) in [5, 5.41) is 0. The van der Waals surface area contributed by atoms with Gasteiger partial charge in [-0.3, -0.25) is 0 Å². The molecule has 4 heteroatoms. The van der Waals surface area contributed by atoms with Gasteiger partial charge in [0, 0.05) is 0 Å². The highest BCUT2D eigenvalue weighted by Gasteiger charge is 1.88. The Morgan fingerprint density at radius 2 is 2.33 bits per heavy atom. The molecule has 0 atom stereocenters. The molecule has 0 unspecified atom stereocenters. The summed E-state index contributed by atoms with van der Waals surface area (Å²) < 4.78 is 7.45. The van der Waals surface area contributed by atoms with Crippen LogP contribution in [0.15, 0.2) is 0 Å². The third kappa shape index (κ3) is 1.63. The van der Waals surface area contributed by atoms with Crippen molar-refractivity contribution in [2.45, 2.75) is 0 Å². The van der Waals surface area contributed by atoms with Crippen LogP contribution in [0.1, 0.15) is 0 Å². The number of hydrogen-bond acceptors (Lipinski definition) is 3. The van der Waals surface area contributed by atoms with Gasteiger partial charge in [-0.15, -0.1) is 0 Å². The van der Waals surface area contributed by atoms with E-state index >= 15 is 0 Å². The van der Waals surface area contributed by atoms with Crippen LogP contribution < -0.4 is 0 Å². The van der Waals surface area contributed by atoms with Gasteiger partial charge in [0.25, 0.3) is 0 Å². The second-order valence-corrected chi connectivity index (χ2v) is 0.572. The van der Waals surface area contributed by atoms with Gasteiger partial charge in [0.1, 0.15) is 0 Å². The highest BCUT2D eigenvalue weighted by molar-refractivity contribution is 6.04. The van der Waals surface area contributed by atoms with Crippen molar-refractivity contribution >= 4 is 14.2 Å². The summed E-state index contributed by atoms with van der Waals surface area (Å²) in [6.45, 7) is 0. The van der Waals surface area contributed by atoms with Gasteiger partial charge < -0.3 is 9.39 Å². The van der Waals surface area contributed by atoms with E-state index in [4.69, 9.17) is 0 Å². The minimum atomic E-state index is -0.880. The lowest BCUT2D eigenvalue weighted by molar-refractivity contribution is 0.125. The number of carbonyl (C=O) groups excluding carboxylic acids is 1. The molecule has 0 saturated heterocycles. The van der Waals surface area contributed by atoms with Crippen molar-refractivity contribution in [3.63, 3.8) is 0 Å². The Kier molecular flexibility index (Phi) is 2.28. The third-order valence-corrected chi connectivity index (χ3v) is 0.263. The first-order chi connectivity index (χ1) is 2.81. The maximum atomic E-state index is 9.61. The molecular weight excluding hydrogens is 82.8 g/mol. The second kappa shape index (κ2) is 2.57. The van der Waals surface area contributed by atoms with Crippen LogP contribution in [0, 0.1) is 0 Å². The van der Waals surface area contributed by atoms with E-state index in [0.717, 1.165) is 0 Å². The molecule has 0 aliphatic rings. The van der Waals surface area contributed by atoms with E-state index in [1.165, 1.54) is 7.11 Å². The van der Waals surface area contributed by atoms with Crippen LogP contribution in [0.2, 0.25) is 0 Å². The Hall–Kier alpha value is -0.665. The predicted octanol–water partition coefficient (Wildman–Crippen LogP) is -0.147. The summed E-state index contributed by atoms with van der Waals surface area (Å²) in [5.74, 6) is 0. The lowest BCUT2D eigenvalue weighted by Gasteiger charge is -1.90. The maximum absolute atomic E-state index is 9.61. The lowest BCUT2D eigenvalue weighted by Crippen LogP contribution is -1.99. The summed E-state index contributed by atoms with van der Waals surface area (Å²) in [7, 11) is 5.48. The lowest BCUT2D eigenvalue weighted by atomic mass is 10.6. The maximum Gasteiger partial charge on any atom is 0.488 e. The second-order valence-electron chi connectivity index (χ2n) is 0.572. The van der Waals surface area contributed by atoms with Crippen molar-refractivity contribution in [2.75, 3.05) is 7.11 Å². The fourth-order valence-electron chi connectivity index (χ4n) is 0.0481. The van der Waals surface area contributed by atoms with Gasteiger partial charge in [-0.25, -0.2) is 4.79 Å². The molecule has 0 rings (SSSR count). The van der Waals surface area contributed by atoms with Crippen LogP contribution in [-0.4, -0.2) is 21.3 Å². The fraction of sp³-hybridized carbons (Fsp3) is 0.500. The Morgan fingerprint density at radius 1 is 1.83 bits per heavy atom. The Morgan fingerprint density at radius 3 is 2.33 bits per heavy atom. The molecule has 0 spiro atoms. The van der Waals surface area contributed by atoms with Gasteiger partial charge in [0.05, 0.1) is 7.11 Å². The summed E-state index contributed by atoms with van der Waals surface area (Å²) in [6, 6.07) is 0. The standard InChI is InChI=1S/C2H3BO3/c1-5-2(4)6-3/h1H3. The van der Waals surface area contributed by atoms with Crippen molar-refractivity contribution in [3.05, 3.63) is 0 Å². The largest absolute Gasteiger partial charge is 0.513 e. The Balaban J connectivity index is 2.99. The number of carbonyl (C=O) groups is 1. The molecule has 0 saturated carbocycles. The number of hydrogen-bond donors (Lipinski definition) is 0. The van der Waals surface area contributed by atoms with Crippen LogP contribution in [0.25, 0.3) is 0 Å². The molecule has 0 aliphatic carbocycles. The van der Waals surface area contributed by atoms with E-state index < -0.39 is 6.16 Å². The molecule has 0 bridgehead atoms. The van der Waals surface area contributed by atoms with Crippen LogP contribution in [0.3, 0.4) is 0 Å². The highest BCUT2D eigenvalue weighted by atomic mass is 16.7. The first kappa shape index (κ1) is 5.33. The van der Waals surface area contributed by atoms with E-state index in [1.807, 2.05) is 0 Å². The van der Waals surface area contributed by atoms with Crippen molar-refractivity contribution in [1.29, 1.82) is 0 Å². The van der Waals surface area contributed by atoms with Crippen molar-refractivity contribution in [3.8, 4) is 0 Å². The molecule has 0 aromatic heterocycles. The van der Waals surface area contributed by atoms with Gasteiger partial charge in [0.2, 0.25) is 0 Å². The number of rotatable bonds is 0. The topological polar surface area (TPSA) is 35.5 Å². The highest BCUT2D eigenvalue weighted by Crippen LogP contribution is 1.71. The molecule has 0 fully saturated rings. The SMILES string of the molecule is [B]OC(=O)OC. The van der Waals surface area contributed by atoms with Crippen LogP contribution in [0.5, 0.6) is 0 Å². The number of methoxy groups -OCH3 is 1. The molecule has 0 amide bonds. The van der Waals surface area contributed by atoms with Gasteiger partial charge >= 0.3 is 14.2 Å².